The number of rotatable bonds is 8. The van der Waals surface area contributed by atoms with E-state index in [0.717, 1.165) is 61.4 Å². The van der Waals surface area contributed by atoms with Gasteiger partial charge in [-0.05, 0) is 146 Å². The summed E-state index contributed by atoms with van der Waals surface area (Å²) in [6.07, 6.45) is 2.48. The number of fused-ring (bicyclic) bond motifs is 13. The van der Waals surface area contributed by atoms with Gasteiger partial charge in [-0.3, -0.25) is 8.97 Å². The summed E-state index contributed by atoms with van der Waals surface area (Å²) in [4.78, 5) is 2.64. The fourth-order valence-corrected chi connectivity index (χ4v) is 13.9. The van der Waals surface area contributed by atoms with Crippen LogP contribution in [0.15, 0.2) is 291 Å². The number of anilines is 2. The highest BCUT2D eigenvalue weighted by Gasteiger charge is 2.42. The van der Waals surface area contributed by atoms with Crippen molar-refractivity contribution < 1.29 is 0 Å². The van der Waals surface area contributed by atoms with Crippen LogP contribution in [0.5, 0.6) is 0 Å². The van der Waals surface area contributed by atoms with Gasteiger partial charge in [0.25, 0.3) is 0 Å². The molecule has 82 heavy (non-hydrogen) atoms. The third kappa shape index (κ3) is 6.98. The molecule has 0 fully saturated rings. The van der Waals surface area contributed by atoms with Crippen molar-refractivity contribution in [1.82, 2.24) is 13.5 Å². The molecule has 384 valence electrons. The monoisotopic (exact) mass is 1040 g/mol. The second kappa shape index (κ2) is 18.2. The molecular weight excluding hydrogens is 993 g/mol. The number of allylic oxidation sites excluding steroid dienone is 1. The van der Waals surface area contributed by atoms with E-state index in [9.17, 15) is 0 Å². The third-order valence-electron chi connectivity index (χ3n) is 17.6. The molecule has 2 aliphatic rings. The SMILES string of the molecule is Cc1c(N2C3=Cc4ccc(-c5ccccc5)cc4C3c3cc(-c4ccccc4)ccc32)c(-c2ccccc2)cc(-n2c3ccccc3c3ccccc32)c1-n1c2ccc(-c3ccccc3)cc2n2c3cc(-c4ccccc4)ccc3cc12. The Bertz CT molecular complexity index is 5030. The first-order valence-corrected chi connectivity index (χ1v) is 28.4. The molecule has 0 spiro atoms. The van der Waals surface area contributed by atoms with E-state index in [2.05, 4.69) is 317 Å². The van der Waals surface area contributed by atoms with Crippen LogP contribution < -0.4 is 4.90 Å². The average molecular weight is 1050 g/mol. The largest absolute Gasteiger partial charge is 0.312 e. The van der Waals surface area contributed by atoms with Gasteiger partial charge in [-0.25, -0.2) is 0 Å². The summed E-state index contributed by atoms with van der Waals surface area (Å²) < 4.78 is 7.66. The third-order valence-corrected chi connectivity index (χ3v) is 17.6. The second-order valence-corrected chi connectivity index (χ2v) is 22.1. The molecule has 0 amide bonds. The van der Waals surface area contributed by atoms with Crippen LogP contribution in [0.1, 0.15) is 28.2 Å². The first-order chi connectivity index (χ1) is 40.6. The summed E-state index contributed by atoms with van der Waals surface area (Å²) in [7, 11) is 0. The normalized spacial score (nSPS) is 13.6. The molecule has 4 nitrogen and oxygen atoms in total. The van der Waals surface area contributed by atoms with Gasteiger partial charge in [0.1, 0.15) is 5.65 Å². The number of hydrogen-bond donors (Lipinski definition) is 0. The van der Waals surface area contributed by atoms with Crippen LogP contribution >= 0.6 is 0 Å². The Balaban J connectivity index is 1.01. The summed E-state index contributed by atoms with van der Waals surface area (Å²) in [6.45, 7) is 2.40. The highest BCUT2D eigenvalue weighted by molar-refractivity contribution is 6.11. The maximum absolute atomic E-state index is 2.64. The Hall–Kier alpha value is -10.7. The van der Waals surface area contributed by atoms with E-state index in [1.807, 2.05) is 0 Å². The van der Waals surface area contributed by atoms with Crippen molar-refractivity contribution in [3.63, 3.8) is 0 Å². The molecule has 1 aliphatic carbocycles. The van der Waals surface area contributed by atoms with Gasteiger partial charge in [-0.15, -0.1) is 0 Å². The molecule has 15 aromatic rings. The number of nitrogens with zero attached hydrogens (tertiary/aromatic N) is 4. The maximum atomic E-state index is 2.64. The Morgan fingerprint density at radius 1 is 0.317 bits per heavy atom. The van der Waals surface area contributed by atoms with Gasteiger partial charge < -0.3 is 9.47 Å². The van der Waals surface area contributed by atoms with Gasteiger partial charge in [-0.2, -0.15) is 0 Å². The van der Waals surface area contributed by atoms with Gasteiger partial charge in [-0.1, -0.05) is 224 Å². The van der Waals surface area contributed by atoms with E-state index in [-0.39, 0.29) is 5.92 Å². The lowest BCUT2D eigenvalue weighted by Crippen LogP contribution is -2.17. The van der Waals surface area contributed by atoms with Gasteiger partial charge in [0, 0.05) is 27.4 Å². The zero-order valence-corrected chi connectivity index (χ0v) is 45.1. The first-order valence-electron chi connectivity index (χ1n) is 28.4. The van der Waals surface area contributed by atoms with Crippen molar-refractivity contribution in [3.05, 3.63) is 313 Å². The fraction of sp³-hybridized carbons (Fsp3) is 0.0256. The van der Waals surface area contributed by atoms with Crippen molar-refractivity contribution in [2.24, 2.45) is 0 Å². The van der Waals surface area contributed by atoms with Crippen LogP contribution in [0.4, 0.5) is 11.4 Å². The summed E-state index contributed by atoms with van der Waals surface area (Å²) in [5.41, 5.74) is 29.6. The van der Waals surface area contributed by atoms with Crippen LogP contribution in [0, 0.1) is 6.92 Å². The van der Waals surface area contributed by atoms with Crippen LogP contribution in [0.25, 0.3) is 122 Å². The number of imidazole rings is 1. The van der Waals surface area contributed by atoms with Crippen LogP contribution in [0.3, 0.4) is 0 Å². The standard InChI is InChI=1S/C78H52N4/c1-50-77(81-69-41-39-57(52-23-9-3-10-24-52)44-66(69)76-64-43-56(51-21-7-2-8-22-51)35-37-60(64)47-73(76)81)65(55-29-15-6-16-30-55)49-74(79-67-33-19-17-31-62(67)63-32-18-20-34-68(63)79)78(50)82-70-42-40-59(54-27-13-5-14-28-54)46-72(70)80-71-45-58(53-25-11-4-12-26-53)36-38-61(71)48-75(80)82/h2-49,76H,1H3. The predicted molar refractivity (Wildman–Crippen MR) is 343 cm³/mol. The Morgan fingerprint density at radius 2 is 0.805 bits per heavy atom. The lowest BCUT2D eigenvalue weighted by atomic mass is 9.89. The van der Waals surface area contributed by atoms with E-state index in [1.165, 1.54) is 94.3 Å². The number of para-hydroxylation sites is 2. The minimum atomic E-state index is -0.00827. The van der Waals surface area contributed by atoms with Gasteiger partial charge in [0.05, 0.1) is 56.3 Å². The van der Waals surface area contributed by atoms with Crippen LogP contribution in [0.2, 0.25) is 0 Å². The van der Waals surface area contributed by atoms with Gasteiger partial charge >= 0.3 is 0 Å². The zero-order valence-electron chi connectivity index (χ0n) is 45.1. The van der Waals surface area contributed by atoms with Crippen molar-refractivity contribution >= 4 is 66.8 Å². The van der Waals surface area contributed by atoms with E-state index in [4.69, 9.17) is 0 Å². The number of hydrogen-bond acceptors (Lipinski definition) is 1. The summed E-state index contributed by atoms with van der Waals surface area (Å²) in [5, 5.41) is 3.62. The zero-order chi connectivity index (χ0) is 54.0. The molecule has 12 aromatic carbocycles. The highest BCUT2D eigenvalue weighted by Crippen LogP contribution is 2.59. The first kappa shape index (κ1) is 46.3. The van der Waals surface area contributed by atoms with E-state index in [1.54, 1.807) is 0 Å². The van der Waals surface area contributed by atoms with Crippen LogP contribution in [-0.2, 0) is 0 Å². The molecule has 17 rings (SSSR count). The molecule has 0 N–H and O–H groups in total. The van der Waals surface area contributed by atoms with Crippen molar-refractivity contribution in [1.29, 1.82) is 0 Å². The van der Waals surface area contributed by atoms with Crippen LogP contribution in [-0.4, -0.2) is 13.5 Å². The molecule has 0 saturated carbocycles. The topological polar surface area (TPSA) is 17.5 Å². The minimum Gasteiger partial charge on any atom is -0.312 e. The Kier molecular flexibility index (Phi) is 10.3. The molecule has 1 unspecified atom stereocenters. The van der Waals surface area contributed by atoms with Crippen molar-refractivity contribution in [2.75, 3.05) is 4.90 Å². The summed E-state index contributed by atoms with van der Waals surface area (Å²) >= 11 is 0. The molecule has 0 radical (unpaired) electrons. The average Bonchev–Trinajstić information content (AvgIpc) is 2.55. The predicted octanol–water partition coefficient (Wildman–Crippen LogP) is 20.4. The fourth-order valence-electron chi connectivity index (χ4n) is 13.9. The highest BCUT2D eigenvalue weighted by atomic mass is 15.2. The summed E-state index contributed by atoms with van der Waals surface area (Å²) in [5.74, 6) is -0.00827. The molecular formula is C78H52N4. The Labute approximate surface area is 475 Å². The number of benzene rings is 12. The van der Waals surface area contributed by atoms with Crippen molar-refractivity contribution in [2.45, 2.75) is 12.8 Å². The molecule has 0 saturated heterocycles. The minimum absolute atomic E-state index is 0.00827. The van der Waals surface area contributed by atoms with E-state index < -0.39 is 0 Å². The molecule has 3 aromatic heterocycles. The van der Waals surface area contributed by atoms with E-state index in [0.29, 0.717) is 0 Å². The van der Waals surface area contributed by atoms with Crippen molar-refractivity contribution in [3.8, 4) is 67.0 Å². The van der Waals surface area contributed by atoms with E-state index >= 15 is 0 Å². The molecule has 4 heteroatoms. The van der Waals surface area contributed by atoms with Gasteiger partial charge in [0.2, 0.25) is 0 Å². The lowest BCUT2D eigenvalue weighted by molar-refractivity contribution is 1.00. The molecule has 1 atom stereocenters. The summed E-state index contributed by atoms with van der Waals surface area (Å²) in [6, 6.07) is 106. The Morgan fingerprint density at radius 3 is 1.40 bits per heavy atom. The molecule has 1 aliphatic heterocycles. The smallest absolute Gasteiger partial charge is 0.123 e. The molecule has 4 heterocycles. The maximum Gasteiger partial charge on any atom is 0.123 e. The number of aromatic nitrogens is 3. The molecule has 0 bridgehead atoms. The van der Waals surface area contributed by atoms with Gasteiger partial charge in [0.15, 0.2) is 0 Å². The quantitative estimate of drug-likeness (QED) is 0.148. The lowest BCUT2D eigenvalue weighted by Gasteiger charge is -2.30. The second-order valence-electron chi connectivity index (χ2n) is 22.1.